The Kier molecular flexibility index (Phi) is 1.63. The number of aromatic nitrogens is 1. The number of nitrogens with one attached hydrogen (secondary N) is 1. The molecule has 0 aromatic carbocycles. The second-order valence-corrected chi connectivity index (χ2v) is 2.60. The molecule has 0 bridgehead atoms. The molecule has 0 saturated carbocycles. The summed E-state index contributed by atoms with van der Waals surface area (Å²) in [5, 5.41) is 3.03. The van der Waals surface area contributed by atoms with Crippen molar-refractivity contribution < 1.29 is 4.79 Å². The summed E-state index contributed by atoms with van der Waals surface area (Å²) in [7, 11) is 0. The molecule has 1 aromatic rings. The molecule has 1 N–H and O–H groups in total. The molecule has 0 fully saturated rings. The van der Waals surface area contributed by atoms with Crippen LogP contribution in [0.3, 0.4) is 0 Å². The summed E-state index contributed by atoms with van der Waals surface area (Å²) in [5.41, 5.74) is 1.80. The zero-order chi connectivity index (χ0) is 8.39. The SMILES string of the molecule is O=CC1C=Cc2ncccc2N1. The largest absolute Gasteiger partial charge is 0.371 e. The molecule has 0 saturated heterocycles. The third-order valence-electron chi connectivity index (χ3n) is 1.77. The Bertz CT molecular complexity index is 333. The number of carbonyl (C=O) groups is 1. The lowest BCUT2D eigenvalue weighted by molar-refractivity contribution is -0.107. The van der Waals surface area contributed by atoms with Gasteiger partial charge in [-0.2, -0.15) is 0 Å². The molecule has 12 heavy (non-hydrogen) atoms. The first-order valence-electron chi connectivity index (χ1n) is 3.75. The van der Waals surface area contributed by atoms with Gasteiger partial charge in [-0.1, -0.05) is 6.08 Å². The van der Waals surface area contributed by atoms with Crippen molar-refractivity contribution in [2.24, 2.45) is 0 Å². The van der Waals surface area contributed by atoms with Crippen molar-refractivity contribution in [3.05, 3.63) is 30.1 Å². The molecule has 2 rings (SSSR count). The van der Waals surface area contributed by atoms with Crippen molar-refractivity contribution in [3.63, 3.8) is 0 Å². The molecule has 0 radical (unpaired) electrons. The van der Waals surface area contributed by atoms with E-state index in [1.54, 1.807) is 12.3 Å². The standard InChI is InChI=1S/C9H8N2O/c12-6-7-3-4-8-9(11-7)2-1-5-10-8/h1-7,11H. The molecular formula is C9H8N2O. The normalized spacial score (nSPS) is 19.5. The Morgan fingerprint density at radius 2 is 2.50 bits per heavy atom. The second kappa shape index (κ2) is 2.77. The smallest absolute Gasteiger partial charge is 0.146 e. The molecule has 2 heterocycles. The molecule has 1 aromatic heterocycles. The highest BCUT2D eigenvalue weighted by molar-refractivity contribution is 5.77. The van der Waals surface area contributed by atoms with Gasteiger partial charge >= 0.3 is 0 Å². The van der Waals surface area contributed by atoms with E-state index in [1.807, 2.05) is 18.2 Å². The van der Waals surface area contributed by atoms with Crippen LogP contribution in [0.15, 0.2) is 24.4 Å². The summed E-state index contributed by atoms with van der Waals surface area (Å²) in [6.07, 6.45) is 6.24. The quantitative estimate of drug-likeness (QED) is 0.625. The van der Waals surface area contributed by atoms with Crippen molar-refractivity contribution in [1.82, 2.24) is 4.98 Å². The zero-order valence-electron chi connectivity index (χ0n) is 6.40. The van der Waals surface area contributed by atoms with Crippen LogP contribution in [0.5, 0.6) is 0 Å². The molecule has 1 aliphatic heterocycles. The Morgan fingerprint density at radius 3 is 3.33 bits per heavy atom. The predicted molar refractivity (Wildman–Crippen MR) is 46.7 cm³/mol. The summed E-state index contributed by atoms with van der Waals surface area (Å²) in [5.74, 6) is 0. The second-order valence-electron chi connectivity index (χ2n) is 2.60. The van der Waals surface area contributed by atoms with Crippen LogP contribution in [0.25, 0.3) is 6.08 Å². The molecule has 60 valence electrons. The summed E-state index contributed by atoms with van der Waals surface area (Å²) in [4.78, 5) is 14.6. The molecule has 0 spiro atoms. The number of aldehydes is 1. The van der Waals surface area contributed by atoms with Crippen LogP contribution < -0.4 is 5.32 Å². The number of hydrogen-bond donors (Lipinski definition) is 1. The van der Waals surface area contributed by atoms with E-state index in [0.717, 1.165) is 17.7 Å². The van der Waals surface area contributed by atoms with Crippen molar-refractivity contribution in [3.8, 4) is 0 Å². The highest BCUT2D eigenvalue weighted by Gasteiger charge is 2.10. The molecule has 1 atom stereocenters. The maximum Gasteiger partial charge on any atom is 0.146 e. The fourth-order valence-electron chi connectivity index (χ4n) is 1.17. The van der Waals surface area contributed by atoms with Crippen LogP contribution in [0.2, 0.25) is 0 Å². The first-order chi connectivity index (χ1) is 5.90. The Balaban J connectivity index is 2.39. The van der Waals surface area contributed by atoms with Gasteiger partial charge < -0.3 is 10.1 Å². The maximum atomic E-state index is 10.4. The maximum absolute atomic E-state index is 10.4. The average Bonchev–Trinajstić information content (AvgIpc) is 2.17. The van der Waals surface area contributed by atoms with Gasteiger partial charge in [0.05, 0.1) is 11.4 Å². The predicted octanol–water partition coefficient (Wildman–Crippen LogP) is 1.09. The lowest BCUT2D eigenvalue weighted by Crippen LogP contribution is -2.21. The van der Waals surface area contributed by atoms with E-state index in [2.05, 4.69) is 10.3 Å². The van der Waals surface area contributed by atoms with Crippen molar-refractivity contribution >= 4 is 18.0 Å². The Labute approximate surface area is 70.1 Å². The minimum atomic E-state index is -0.207. The minimum absolute atomic E-state index is 0.207. The van der Waals surface area contributed by atoms with E-state index in [-0.39, 0.29) is 6.04 Å². The van der Waals surface area contributed by atoms with Crippen LogP contribution in [0.4, 0.5) is 5.69 Å². The van der Waals surface area contributed by atoms with E-state index in [4.69, 9.17) is 0 Å². The number of anilines is 1. The highest BCUT2D eigenvalue weighted by Crippen LogP contribution is 2.18. The van der Waals surface area contributed by atoms with Crippen molar-refractivity contribution in [2.45, 2.75) is 6.04 Å². The van der Waals surface area contributed by atoms with Gasteiger partial charge in [-0.15, -0.1) is 0 Å². The highest BCUT2D eigenvalue weighted by atomic mass is 16.1. The number of pyridine rings is 1. The van der Waals surface area contributed by atoms with Gasteiger partial charge in [0.2, 0.25) is 0 Å². The monoisotopic (exact) mass is 160 g/mol. The van der Waals surface area contributed by atoms with Crippen LogP contribution >= 0.6 is 0 Å². The summed E-state index contributed by atoms with van der Waals surface area (Å²) < 4.78 is 0. The Hall–Kier alpha value is -1.64. The van der Waals surface area contributed by atoms with Crippen LogP contribution in [-0.2, 0) is 4.79 Å². The van der Waals surface area contributed by atoms with Gasteiger partial charge in [0.25, 0.3) is 0 Å². The van der Waals surface area contributed by atoms with Crippen LogP contribution in [0, 0.1) is 0 Å². The molecular weight excluding hydrogens is 152 g/mol. The van der Waals surface area contributed by atoms with Gasteiger partial charge in [-0.25, -0.2) is 0 Å². The molecule has 1 unspecified atom stereocenters. The number of rotatable bonds is 1. The van der Waals surface area contributed by atoms with Crippen molar-refractivity contribution in [1.29, 1.82) is 0 Å². The topological polar surface area (TPSA) is 42.0 Å². The average molecular weight is 160 g/mol. The van der Waals surface area contributed by atoms with Gasteiger partial charge in [0.15, 0.2) is 0 Å². The number of hydrogen-bond acceptors (Lipinski definition) is 3. The fourth-order valence-corrected chi connectivity index (χ4v) is 1.17. The summed E-state index contributed by atoms with van der Waals surface area (Å²) >= 11 is 0. The Morgan fingerprint density at radius 1 is 1.58 bits per heavy atom. The number of carbonyl (C=O) groups excluding carboxylic acids is 1. The minimum Gasteiger partial charge on any atom is -0.371 e. The lowest BCUT2D eigenvalue weighted by atomic mass is 10.1. The number of nitrogens with zero attached hydrogens (tertiary/aromatic N) is 1. The summed E-state index contributed by atoms with van der Waals surface area (Å²) in [6, 6.07) is 3.54. The van der Waals surface area contributed by atoms with E-state index in [9.17, 15) is 4.79 Å². The van der Waals surface area contributed by atoms with Gasteiger partial charge in [0.1, 0.15) is 12.3 Å². The summed E-state index contributed by atoms with van der Waals surface area (Å²) in [6.45, 7) is 0. The van der Waals surface area contributed by atoms with Crippen LogP contribution in [0.1, 0.15) is 5.69 Å². The van der Waals surface area contributed by atoms with Crippen molar-refractivity contribution in [2.75, 3.05) is 5.32 Å². The zero-order valence-corrected chi connectivity index (χ0v) is 6.40. The number of fused-ring (bicyclic) bond motifs is 1. The first kappa shape index (κ1) is 7.03. The fraction of sp³-hybridized carbons (Fsp3) is 0.111. The molecule has 3 nitrogen and oxygen atoms in total. The van der Waals surface area contributed by atoms with Crippen LogP contribution in [-0.4, -0.2) is 17.3 Å². The first-order valence-corrected chi connectivity index (χ1v) is 3.75. The third kappa shape index (κ3) is 1.09. The van der Waals surface area contributed by atoms with E-state index >= 15 is 0 Å². The molecule has 0 aliphatic carbocycles. The van der Waals surface area contributed by atoms with Gasteiger partial charge in [0, 0.05) is 6.20 Å². The lowest BCUT2D eigenvalue weighted by Gasteiger charge is -2.16. The van der Waals surface area contributed by atoms with E-state index in [1.165, 1.54) is 0 Å². The molecule has 1 aliphatic rings. The van der Waals surface area contributed by atoms with E-state index in [0.29, 0.717) is 0 Å². The molecule has 0 amide bonds. The van der Waals surface area contributed by atoms with E-state index < -0.39 is 0 Å². The van der Waals surface area contributed by atoms with Gasteiger partial charge in [-0.05, 0) is 18.2 Å². The van der Waals surface area contributed by atoms with Gasteiger partial charge in [-0.3, -0.25) is 4.98 Å². The third-order valence-corrected chi connectivity index (χ3v) is 1.77. The molecule has 3 heteroatoms.